The third-order valence-electron chi connectivity index (χ3n) is 5.99. The molecule has 0 radical (unpaired) electrons. The molecule has 2 saturated heterocycles. The Kier molecular flexibility index (Phi) is 6.67. The van der Waals surface area contributed by atoms with Gasteiger partial charge in [-0.15, -0.1) is 0 Å². The Hall–Kier alpha value is -3.75. The highest BCUT2D eigenvalue weighted by molar-refractivity contribution is 6.03. The number of hydrogen-bond donors (Lipinski definition) is 1. The first-order valence-corrected chi connectivity index (χ1v) is 11.1. The van der Waals surface area contributed by atoms with Gasteiger partial charge in [0.1, 0.15) is 19.1 Å². The minimum atomic E-state index is -0.647. The molecule has 1 atom stereocenters. The molecule has 0 unspecified atom stereocenters. The van der Waals surface area contributed by atoms with Crippen molar-refractivity contribution in [3.05, 3.63) is 54.4 Å². The largest absolute Gasteiger partial charge is 0.339 e. The number of amides is 5. The van der Waals surface area contributed by atoms with Gasteiger partial charge >= 0.3 is 6.03 Å². The van der Waals surface area contributed by atoms with E-state index in [1.807, 2.05) is 43.3 Å². The van der Waals surface area contributed by atoms with Gasteiger partial charge in [0.2, 0.25) is 17.7 Å². The van der Waals surface area contributed by atoms with Crippen molar-refractivity contribution in [1.82, 2.24) is 25.0 Å². The number of aromatic nitrogens is 1. The van der Waals surface area contributed by atoms with Crippen molar-refractivity contribution in [1.29, 1.82) is 0 Å². The summed E-state index contributed by atoms with van der Waals surface area (Å²) in [6.45, 7) is 3.14. The summed E-state index contributed by atoms with van der Waals surface area (Å²) in [4.78, 5) is 58.2. The molecular formula is C24H27N5O4. The molecule has 2 aliphatic rings. The SMILES string of the molecule is CCCN1CCN(C(=O)CN2CC(=O)NC2=O)[C@@H](Cc2ccc(-c3ccncc3)cc2)C1=O. The number of nitrogens with zero attached hydrogens (tertiary/aromatic N) is 4. The second-order valence-electron chi connectivity index (χ2n) is 8.27. The van der Waals surface area contributed by atoms with Crippen LogP contribution in [0.1, 0.15) is 18.9 Å². The standard InChI is InChI=1S/C24H27N5O4/c1-2-11-27-12-13-29(22(31)16-28-15-21(30)26-24(28)33)20(23(27)32)14-17-3-5-18(6-4-17)19-7-9-25-10-8-19/h3-10,20H,2,11-16H2,1H3,(H,26,30,33)/t20-/m0/s1. The summed E-state index contributed by atoms with van der Waals surface area (Å²) in [5.41, 5.74) is 3.03. The van der Waals surface area contributed by atoms with Gasteiger partial charge in [-0.25, -0.2) is 4.79 Å². The predicted molar refractivity (Wildman–Crippen MR) is 121 cm³/mol. The molecule has 1 aromatic carbocycles. The van der Waals surface area contributed by atoms with Crippen LogP contribution in [0.5, 0.6) is 0 Å². The van der Waals surface area contributed by atoms with Gasteiger partial charge in [0.15, 0.2) is 0 Å². The van der Waals surface area contributed by atoms with Gasteiger partial charge in [-0.3, -0.25) is 24.7 Å². The van der Waals surface area contributed by atoms with E-state index in [0.717, 1.165) is 23.1 Å². The fourth-order valence-electron chi connectivity index (χ4n) is 4.29. The lowest BCUT2D eigenvalue weighted by atomic mass is 9.98. The van der Waals surface area contributed by atoms with E-state index in [4.69, 9.17) is 0 Å². The Morgan fingerprint density at radius 2 is 1.70 bits per heavy atom. The Balaban J connectivity index is 1.51. The molecule has 9 nitrogen and oxygen atoms in total. The first-order chi connectivity index (χ1) is 16.0. The summed E-state index contributed by atoms with van der Waals surface area (Å²) in [5.74, 6) is -0.846. The third kappa shape index (κ3) is 5.02. The lowest BCUT2D eigenvalue weighted by Gasteiger charge is -2.41. The summed E-state index contributed by atoms with van der Waals surface area (Å²) in [7, 11) is 0. The average molecular weight is 450 g/mol. The Morgan fingerprint density at radius 1 is 1.00 bits per heavy atom. The van der Waals surface area contributed by atoms with Crippen LogP contribution in [0.25, 0.3) is 11.1 Å². The molecule has 1 aromatic heterocycles. The number of hydrogen-bond acceptors (Lipinski definition) is 5. The van der Waals surface area contributed by atoms with Crippen LogP contribution in [0.2, 0.25) is 0 Å². The van der Waals surface area contributed by atoms with E-state index in [1.165, 1.54) is 4.90 Å². The highest BCUT2D eigenvalue weighted by atomic mass is 16.2. The second-order valence-corrected chi connectivity index (χ2v) is 8.27. The summed E-state index contributed by atoms with van der Waals surface area (Å²) >= 11 is 0. The van der Waals surface area contributed by atoms with Gasteiger partial charge in [-0.2, -0.15) is 0 Å². The zero-order valence-corrected chi connectivity index (χ0v) is 18.6. The number of carbonyl (C=O) groups is 4. The van der Waals surface area contributed by atoms with Crippen LogP contribution >= 0.6 is 0 Å². The Bertz CT molecular complexity index is 1040. The quantitative estimate of drug-likeness (QED) is 0.642. The molecule has 0 bridgehead atoms. The zero-order chi connectivity index (χ0) is 23.4. The first kappa shape index (κ1) is 22.4. The second kappa shape index (κ2) is 9.81. The highest BCUT2D eigenvalue weighted by Crippen LogP contribution is 2.22. The van der Waals surface area contributed by atoms with E-state index in [0.29, 0.717) is 26.1 Å². The van der Waals surface area contributed by atoms with Crippen molar-refractivity contribution in [3.8, 4) is 11.1 Å². The van der Waals surface area contributed by atoms with Crippen molar-refractivity contribution in [2.45, 2.75) is 25.8 Å². The van der Waals surface area contributed by atoms with Gasteiger partial charge in [0.25, 0.3) is 0 Å². The fraction of sp³-hybridized carbons (Fsp3) is 0.375. The number of nitrogens with one attached hydrogen (secondary N) is 1. The number of benzene rings is 1. The van der Waals surface area contributed by atoms with Crippen LogP contribution in [0, 0.1) is 0 Å². The molecule has 5 amide bonds. The maximum Gasteiger partial charge on any atom is 0.325 e. The molecule has 0 spiro atoms. The van der Waals surface area contributed by atoms with E-state index in [2.05, 4.69) is 10.3 Å². The lowest BCUT2D eigenvalue weighted by Crippen LogP contribution is -2.61. The molecule has 2 fully saturated rings. The fourth-order valence-corrected chi connectivity index (χ4v) is 4.29. The summed E-state index contributed by atoms with van der Waals surface area (Å²) in [6, 6.07) is 10.6. The minimum absolute atomic E-state index is 0.0865. The van der Waals surface area contributed by atoms with Gasteiger partial charge in [-0.1, -0.05) is 31.2 Å². The summed E-state index contributed by atoms with van der Waals surface area (Å²) < 4.78 is 0. The van der Waals surface area contributed by atoms with Crippen molar-refractivity contribution in [3.63, 3.8) is 0 Å². The molecular weight excluding hydrogens is 422 g/mol. The Morgan fingerprint density at radius 3 is 2.33 bits per heavy atom. The van der Waals surface area contributed by atoms with Crippen LogP contribution in [0.4, 0.5) is 4.79 Å². The maximum atomic E-state index is 13.3. The number of rotatable bonds is 7. The topological polar surface area (TPSA) is 103 Å². The van der Waals surface area contributed by atoms with Crippen molar-refractivity contribution in [2.75, 3.05) is 32.7 Å². The van der Waals surface area contributed by atoms with Crippen LogP contribution in [-0.2, 0) is 20.8 Å². The smallest absolute Gasteiger partial charge is 0.325 e. The van der Waals surface area contributed by atoms with Gasteiger partial charge in [0, 0.05) is 38.4 Å². The molecule has 0 saturated carbocycles. The van der Waals surface area contributed by atoms with Crippen molar-refractivity contribution < 1.29 is 19.2 Å². The molecule has 0 aliphatic carbocycles. The van der Waals surface area contributed by atoms with Gasteiger partial charge in [-0.05, 0) is 35.2 Å². The lowest BCUT2D eigenvalue weighted by molar-refractivity contribution is -0.151. The zero-order valence-electron chi connectivity index (χ0n) is 18.6. The first-order valence-electron chi connectivity index (χ1n) is 11.1. The number of urea groups is 1. The Labute approximate surface area is 192 Å². The molecule has 2 aromatic rings. The molecule has 1 N–H and O–H groups in total. The van der Waals surface area contributed by atoms with Crippen LogP contribution in [0.3, 0.4) is 0 Å². The molecule has 2 aliphatic heterocycles. The molecule has 3 heterocycles. The molecule has 9 heteroatoms. The van der Waals surface area contributed by atoms with Crippen molar-refractivity contribution >= 4 is 23.8 Å². The van der Waals surface area contributed by atoms with E-state index < -0.39 is 18.0 Å². The maximum absolute atomic E-state index is 13.3. The summed E-state index contributed by atoms with van der Waals surface area (Å²) in [5, 5.41) is 2.18. The normalized spacial score (nSPS) is 18.6. The number of pyridine rings is 1. The minimum Gasteiger partial charge on any atom is -0.339 e. The van der Waals surface area contributed by atoms with E-state index in [-0.39, 0.29) is 24.9 Å². The van der Waals surface area contributed by atoms with Crippen LogP contribution in [-0.4, -0.2) is 82.2 Å². The highest BCUT2D eigenvalue weighted by Gasteiger charge is 2.39. The van der Waals surface area contributed by atoms with E-state index in [9.17, 15) is 19.2 Å². The number of carbonyl (C=O) groups excluding carboxylic acids is 4. The van der Waals surface area contributed by atoms with Crippen LogP contribution in [0.15, 0.2) is 48.8 Å². The van der Waals surface area contributed by atoms with Gasteiger partial charge < -0.3 is 14.7 Å². The summed E-state index contributed by atoms with van der Waals surface area (Å²) in [6.07, 6.45) is 4.70. The predicted octanol–water partition coefficient (Wildman–Crippen LogP) is 1.29. The average Bonchev–Trinajstić information content (AvgIpc) is 3.14. The molecule has 33 heavy (non-hydrogen) atoms. The van der Waals surface area contributed by atoms with Gasteiger partial charge in [0.05, 0.1) is 0 Å². The van der Waals surface area contributed by atoms with E-state index in [1.54, 1.807) is 22.2 Å². The molecule has 172 valence electrons. The van der Waals surface area contributed by atoms with Crippen molar-refractivity contribution in [2.24, 2.45) is 0 Å². The monoisotopic (exact) mass is 449 g/mol. The van der Waals surface area contributed by atoms with Crippen LogP contribution < -0.4 is 5.32 Å². The number of imide groups is 1. The number of piperazine rings is 1. The molecule has 4 rings (SSSR count). The third-order valence-corrected chi connectivity index (χ3v) is 5.99. The van der Waals surface area contributed by atoms with E-state index >= 15 is 0 Å².